The molecule has 0 aliphatic heterocycles. The highest BCUT2D eigenvalue weighted by atomic mass is 32.1. The van der Waals surface area contributed by atoms with Crippen LogP contribution in [0.3, 0.4) is 0 Å². The van der Waals surface area contributed by atoms with Gasteiger partial charge in [0.25, 0.3) is 0 Å². The molecule has 6 nitrogen and oxygen atoms in total. The smallest absolute Gasteiger partial charge is 0.332 e. The third-order valence-electron chi connectivity index (χ3n) is 1.50. The van der Waals surface area contributed by atoms with Gasteiger partial charge in [-0.2, -0.15) is 0 Å². The Balaban J connectivity index is 2.86. The summed E-state index contributed by atoms with van der Waals surface area (Å²) in [6.45, 7) is 2.61. The number of anilines is 1. The predicted molar refractivity (Wildman–Crippen MR) is 61.1 cm³/mol. The molecule has 0 aliphatic rings. The zero-order valence-corrected chi connectivity index (χ0v) is 9.63. The highest BCUT2D eigenvalue weighted by Gasteiger charge is 2.10. The summed E-state index contributed by atoms with van der Waals surface area (Å²) in [4.78, 5) is 25.8. The minimum absolute atomic E-state index is 0.0419. The molecule has 7 heteroatoms. The van der Waals surface area contributed by atoms with Gasteiger partial charge in [0.15, 0.2) is 5.84 Å². The van der Waals surface area contributed by atoms with Crippen molar-refractivity contribution in [2.75, 3.05) is 5.32 Å². The second-order valence-electron chi connectivity index (χ2n) is 2.90. The molecular formula is C9H11N3O3S. The van der Waals surface area contributed by atoms with Gasteiger partial charge in [0.1, 0.15) is 5.00 Å². The Labute approximate surface area is 96.1 Å². The van der Waals surface area contributed by atoms with Crippen LogP contribution in [0.4, 0.5) is 5.00 Å². The van der Waals surface area contributed by atoms with Gasteiger partial charge in [-0.1, -0.05) is 5.16 Å². The molecule has 0 saturated heterocycles. The van der Waals surface area contributed by atoms with Crippen molar-refractivity contribution in [3.63, 3.8) is 0 Å². The molecule has 0 fully saturated rings. The summed E-state index contributed by atoms with van der Waals surface area (Å²) in [5, 5.41) is 8.35. The number of amidine groups is 1. The van der Waals surface area contributed by atoms with E-state index in [1.807, 2.05) is 0 Å². The van der Waals surface area contributed by atoms with Crippen LogP contribution in [-0.2, 0) is 14.4 Å². The fourth-order valence-corrected chi connectivity index (χ4v) is 1.77. The van der Waals surface area contributed by atoms with Crippen LogP contribution in [0.1, 0.15) is 19.4 Å². The molecule has 0 unspecified atom stereocenters. The second-order valence-corrected chi connectivity index (χ2v) is 3.82. The number of nitrogens with two attached hydrogens (primary N) is 1. The first-order valence-corrected chi connectivity index (χ1v) is 5.25. The summed E-state index contributed by atoms with van der Waals surface area (Å²) < 4.78 is 0. The lowest BCUT2D eigenvalue weighted by molar-refractivity contribution is -0.140. The van der Waals surface area contributed by atoms with Crippen molar-refractivity contribution in [3.8, 4) is 0 Å². The van der Waals surface area contributed by atoms with Crippen LogP contribution < -0.4 is 11.1 Å². The van der Waals surface area contributed by atoms with Crippen molar-refractivity contribution < 1.29 is 14.4 Å². The van der Waals surface area contributed by atoms with Crippen molar-refractivity contribution in [1.82, 2.24) is 0 Å². The van der Waals surface area contributed by atoms with Crippen molar-refractivity contribution >= 4 is 34.0 Å². The quantitative estimate of drug-likeness (QED) is 0.355. The molecule has 0 radical (unpaired) electrons. The highest BCUT2D eigenvalue weighted by Crippen LogP contribution is 2.22. The van der Waals surface area contributed by atoms with E-state index in [0.717, 1.165) is 0 Å². The second kappa shape index (κ2) is 5.26. The zero-order chi connectivity index (χ0) is 12.1. The standard InChI is InChI=1S/C9H11N3O3S/c1-5(13)11-9-7(3-4-16-9)8(10)12-15-6(2)14/h3-4H,1-2H3,(H2,10,12)(H,11,13). The maximum absolute atomic E-state index is 10.9. The molecule has 1 aromatic heterocycles. The van der Waals surface area contributed by atoms with Gasteiger partial charge in [0.2, 0.25) is 5.91 Å². The van der Waals surface area contributed by atoms with Gasteiger partial charge < -0.3 is 15.9 Å². The summed E-state index contributed by atoms with van der Waals surface area (Å²) in [5.74, 6) is -0.719. The van der Waals surface area contributed by atoms with E-state index >= 15 is 0 Å². The van der Waals surface area contributed by atoms with Crippen molar-refractivity contribution in [1.29, 1.82) is 0 Å². The monoisotopic (exact) mass is 241 g/mol. The van der Waals surface area contributed by atoms with Gasteiger partial charge in [-0.3, -0.25) is 4.79 Å². The van der Waals surface area contributed by atoms with Crippen LogP contribution in [0, 0.1) is 0 Å². The first-order chi connectivity index (χ1) is 7.50. The fourth-order valence-electron chi connectivity index (χ4n) is 0.930. The number of carbonyl (C=O) groups excluding carboxylic acids is 2. The number of hydrogen-bond donors (Lipinski definition) is 2. The Kier molecular flexibility index (Phi) is 4.01. The number of thiophene rings is 1. The molecule has 0 aliphatic carbocycles. The fraction of sp³-hybridized carbons (Fsp3) is 0.222. The molecule has 16 heavy (non-hydrogen) atoms. The van der Waals surface area contributed by atoms with E-state index in [2.05, 4.69) is 15.3 Å². The summed E-state index contributed by atoms with van der Waals surface area (Å²) in [6, 6.07) is 1.68. The molecule has 1 rings (SSSR count). The first kappa shape index (κ1) is 12.2. The highest BCUT2D eigenvalue weighted by molar-refractivity contribution is 7.14. The van der Waals surface area contributed by atoms with Gasteiger partial charge in [-0.05, 0) is 11.4 Å². The van der Waals surface area contributed by atoms with Crippen molar-refractivity contribution in [2.24, 2.45) is 10.9 Å². The Morgan fingerprint density at radius 2 is 2.19 bits per heavy atom. The molecule has 86 valence electrons. The van der Waals surface area contributed by atoms with Gasteiger partial charge in [0, 0.05) is 13.8 Å². The number of amides is 1. The van der Waals surface area contributed by atoms with Crippen LogP contribution in [0.2, 0.25) is 0 Å². The molecule has 1 aromatic rings. The van der Waals surface area contributed by atoms with E-state index in [0.29, 0.717) is 10.6 Å². The number of nitrogens with zero attached hydrogens (tertiary/aromatic N) is 1. The molecular weight excluding hydrogens is 230 g/mol. The predicted octanol–water partition coefficient (Wildman–Crippen LogP) is 0.890. The van der Waals surface area contributed by atoms with E-state index < -0.39 is 5.97 Å². The number of oxime groups is 1. The molecule has 0 saturated carbocycles. The van der Waals surface area contributed by atoms with Gasteiger partial charge in [-0.15, -0.1) is 11.3 Å². The number of hydrogen-bond acceptors (Lipinski definition) is 5. The molecule has 0 spiro atoms. The Morgan fingerprint density at radius 1 is 1.50 bits per heavy atom. The van der Waals surface area contributed by atoms with E-state index in [1.54, 1.807) is 11.4 Å². The molecule has 0 aromatic carbocycles. The van der Waals surface area contributed by atoms with Crippen LogP contribution >= 0.6 is 11.3 Å². The topological polar surface area (TPSA) is 93.8 Å². The lowest BCUT2D eigenvalue weighted by Crippen LogP contribution is -2.17. The van der Waals surface area contributed by atoms with Crippen LogP contribution in [0.15, 0.2) is 16.6 Å². The van der Waals surface area contributed by atoms with Crippen molar-refractivity contribution in [2.45, 2.75) is 13.8 Å². The third kappa shape index (κ3) is 3.35. The average Bonchev–Trinajstić information content (AvgIpc) is 2.61. The minimum Gasteiger partial charge on any atom is -0.380 e. The van der Waals surface area contributed by atoms with Crippen LogP contribution in [0.5, 0.6) is 0 Å². The Morgan fingerprint density at radius 3 is 2.75 bits per heavy atom. The molecule has 0 atom stereocenters. The van der Waals surface area contributed by atoms with E-state index in [9.17, 15) is 9.59 Å². The zero-order valence-electron chi connectivity index (χ0n) is 8.81. The van der Waals surface area contributed by atoms with Gasteiger partial charge in [-0.25, -0.2) is 4.79 Å². The first-order valence-electron chi connectivity index (χ1n) is 4.37. The minimum atomic E-state index is -0.556. The molecule has 1 amide bonds. The normalized spacial score (nSPS) is 11.0. The largest absolute Gasteiger partial charge is 0.380 e. The summed E-state index contributed by atoms with van der Waals surface area (Å²) in [6.07, 6.45) is 0. The Bertz CT molecular complexity index is 439. The third-order valence-corrected chi connectivity index (χ3v) is 2.33. The Hall–Kier alpha value is -1.89. The van der Waals surface area contributed by atoms with Gasteiger partial charge >= 0.3 is 5.97 Å². The van der Waals surface area contributed by atoms with Crippen LogP contribution in [-0.4, -0.2) is 17.7 Å². The number of carbonyl (C=O) groups is 2. The lowest BCUT2D eigenvalue weighted by atomic mass is 10.3. The van der Waals surface area contributed by atoms with E-state index in [-0.39, 0.29) is 11.7 Å². The maximum Gasteiger partial charge on any atom is 0.332 e. The maximum atomic E-state index is 10.9. The van der Waals surface area contributed by atoms with Crippen LogP contribution in [0.25, 0.3) is 0 Å². The summed E-state index contributed by atoms with van der Waals surface area (Å²) in [5.41, 5.74) is 6.12. The summed E-state index contributed by atoms with van der Waals surface area (Å²) >= 11 is 1.31. The number of rotatable bonds is 3. The summed E-state index contributed by atoms with van der Waals surface area (Å²) in [7, 11) is 0. The van der Waals surface area contributed by atoms with Crippen molar-refractivity contribution in [3.05, 3.63) is 17.0 Å². The lowest BCUT2D eigenvalue weighted by Gasteiger charge is -2.02. The SMILES string of the molecule is CC(=O)Nc1sccc1C(N)=NOC(C)=O. The van der Waals surface area contributed by atoms with E-state index in [4.69, 9.17) is 5.73 Å². The molecule has 0 bridgehead atoms. The molecule has 3 N–H and O–H groups in total. The number of nitrogens with one attached hydrogen (secondary N) is 1. The average molecular weight is 241 g/mol. The van der Waals surface area contributed by atoms with E-state index in [1.165, 1.54) is 25.2 Å². The van der Waals surface area contributed by atoms with Gasteiger partial charge in [0.05, 0.1) is 5.56 Å². The molecule has 1 heterocycles.